The maximum atomic E-state index is 12.5. The number of nitrogens with zero attached hydrogens (tertiary/aromatic N) is 1. The third-order valence-corrected chi connectivity index (χ3v) is 4.89. The topological polar surface area (TPSA) is 51.2 Å². The number of carbonyl (C=O) groups is 1. The summed E-state index contributed by atoms with van der Waals surface area (Å²) in [6, 6.07) is 17.8. The number of benzene rings is 2. The summed E-state index contributed by atoms with van der Waals surface area (Å²) >= 11 is 0. The first-order valence-corrected chi connectivity index (χ1v) is 9.17. The molecule has 1 N–H and O–H groups in total. The summed E-state index contributed by atoms with van der Waals surface area (Å²) in [4.78, 5) is 17.0. The van der Waals surface area contributed by atoms with Gasteiger partial charge >= 0.3 is 0 Å². The molecule has 0 radical (unpaired) electrons. The number of rotatable bonds is 4. The number of hydrogen-bond donors (Lipinski definition) is 1. The predicted octanol–water partition coefficient (Wildman–Crippen LogP) is 4.10. The van der Waals surface area contributed by atoms with E-state index in [0.717, 1.165) is 40.1 Å². The van der Waals surface area contributed by atoms with Gasteiger partial charge in [0.15, 0.2) is 0 Å². The van der Waals surface area contributed by atoms with Crippen molar-refractivity contribution in [1.29, 1.82) is 0 Å². The molecule has 0 fully saturated rings. The number of hydrogen-bond acceptors (Lipinski definition) is 3. The second kappa shape index (κ2) is 7.23. The van der Waals surface area contributed by atoms with Crippen molar-refractivity contribution in [2.75, 3.05) is 6.54 Å². The lowest BCUT2D eigenvalue weighted by atomic mass is 10.0. The molecule has 2 heterocycles. The third-order valence-electron chi connectivity index (χ3n) is 4.89. The molecule has 1 aliphatic rings. The molecular formula is C23H22N2O2. The molecule has 1 amide bonds. The quantitative estimate of drug-likeness (QED) is 0.764. The number of aromatic nitrogens is 1. The van der Waals surface area contributed by atoms with E-state index in [-0.39, 0.29) is 12.0 Å². The zero-order valence-corrected chi connectivity index (χ0v) is 15.5. The molecule has 0 aliphatic carbocycles. The molecule has 1 aliphatic heterocycles. The Morgan fingerprint density at radius 2 is 2.04 bits per heavy atom. The Hall–Kier alpha value is -3.14. The molecular weight excluding hydrogens is 336 g/mol. The Bertz CT molecular complexity index is 983. The normalized spacial score (nSPS) is 15.1. The minimum absolute atomic E-state index is 0.0583. The lowest BCUT2D eigenvalue weighted by molar-refractivity contribution is 0.0933. The van der Waals surface area contributed by atoms with Crippen molar-refractivity contribution in [1.82, 2.24) is 10.3 Å². The molecule has 0 saturated heterocycles. The Morgan fingerprint density at radius 3 is 2.81 bits per heavy atom. The highest BCUT2D eigenvalue weighted by molar-refractivity contribution is 5.95. The fraction of sp³-hybridized carbons (Fsp3) is 0.217. The van der Waals surface area contributed by atoms with Crippen LogP contribution in [0.3, 0.4) is 0 Å². The first-order chi connectivity index (χ1) is 13.1. The van der Waals surface area contributed by atoms with Crippen LogP contribution in [0.4, 0.5) is 0 Å². The van der Waals surface area contributed by atoms with E-state index in [1.165, 1.54) is 0 Å². The Kier molecular flexibility index (Phi) is 4.63. The predicted molar refractivity (Wildman–Crippen MR) is 106 cm³/mol. The number of carbonyl (C=O) groups excluding carboxylic acids is 1. The van der Waals surface area contributed by atoms with Crippen molar-refractivity contribution in [2.45, 2.75) is 26.4 Å². The molecule has 0 spiro atoms. The van der Waals surface area contributed by atoms with Crippen molar-refractivity contribution in [3.63, 3.8) is 0 Å². The number of ether oxygens (including phenoxy) is 1. The molecule has 0 bridgehead atoms. The molecule has 4 rings (SSSR count). The van der Waals surface area contributed by atoms with E-state index in [1.54, 1.807) is 6.20 Å². The maximum absolute atomic E-state index is 12.5. The summed E-state index contributed by atoms with van der Waals surface area (Å²) < 4.78 is 6.17. The number of aryl methyl sites for hydroxylation is 2. The highest BCUT2D eigenvalue weighted by Gasteiger charge is 2.26. The van der Waals surface area contributed by atoms with Gasteiger partial charge in [-0.2, -0.15) is 0 Å². The molecule has 1 aromatic heterocycles. The van der Waals surface area contributed by atoms with Crippen LogP contribution in [0.15, 0.2) is 60.8 Å². The number of para-hydroxylation sites is 1. The second-order valence-electron chi connectivity index (χ2n) is 6.98. The molecule has 4 heteroatoms. The van der Waals surface area contributed by atoms with Crippen molar-refractivity contribution < 1.29 is 9.53 Å². The highest BCUT2D eigenvalue weighted by atomic mass is 16.5. The van der Waals surface area contributed by atoms with E-state index in [0.29, 0.717) is 12.1 Å². The Balaban J connectivity index is 1.46. The number of pyridine rings is 1. The summed E-state index contributed by atoms with van der Waals surface area (Å²) in [6.45, 7) is 4.46. The van der Waals surface area contributed by atoms with Crippen LogP contribution in [0, 0.1) is 13.8 Å². The molecule has 0 saturated carbocycles. The first-order valence-electron chi connectivity index (χ1n) is 9.17. The van der Waals surface area contributed by atoms with Crippen LogP contribution in [0.2, 0.25) is 0 Å². The van der Waals surface area contributed by atoms with Crippen molar-refractivity contribution in [3.8, 4) is 17.0 Å². The van der Waals surface area contributed by atoms with Gasteiger partial charge in [-0.25, -0.2) is 0 Å². The third kappa shape index (κ3) is 3.56. The van der Waals surface area contributed by atoms with Crippen LogP contribution in [0.1, 0.15) is 27.0 Å². The van der Waals surface area contributed by atoms with Gasteiger partial charge < -0.3 is 10.1 Å². The molecule has 3 aromatic rings. The largest absolute Gasteiger partial charge is 0.487 e. The van der Waals surface area contributed by atoms with Gasteiger partial charge in [-0.05, 0) is 49.2 Å². The van der Waals surface area contributed by atoms with E-state index < -0.39 is 0 Å². The fourth-order valence-corrected chi connectivity index (χ4v) is 3.55. The number of amides is 1. The van der Waals surface area contributed by atoms with Gasteiger partial charge in [0, 0.05) is 23.7 Å². The van der Waals surface area contributed by atoms with Crippen LogP contribution in [0.25, 0.3) is 11.3 Å². The summed E-state index contributed by atoms with van der Waals surface area (Å²) in [5.74, 6) is 0.818. The van der Waals surface area contributed by atoms with Gasteiger partial charge in [0.1, 0.15) is 11.9 Å². The molecule has 27 heavy (non-hydrogen) atoms. The fourth-order valence-electron chi connectivity index (χ4n) is 3.55. The summed E-state index contributed by atoms with van der Waals surface area (Å²) in [5.41, 5.74) is 5.90. The van der Waals surface area contributed by atoms with Gasteiger partial charge in [-0.3, -0.25) is 9.78 Å². The molecule has 2 aromatic carbocycles. The minimum Gasteiger partial charge on any atom is -0.487 e. The average Bonchev–Trinajstić information content (AvgIpc) is 3.10. The van der Waals surface area contributed by atoms with Crippen LogP contribution >= 0.6 is 0 Å². The average molecular weight is 358 g/mol. The van der Waals surface area contributed by atoms with Gasteiger partial charge in [0.2, 0.25) is 0 Å². The molecule has 136 valence electrons. The van der Waals surface area contributed by atoms with Gasteiger partial charge in [0.25, 0.3) is 5.91 Å². The first kappa shape index (κ1) is 17.3. The van der Waals surface area contributed by atoms with Crippen molar-refractivity contribution in [3.05, 3.63) is 83.0 Å². The zero-order chi connectivity index (χ0) is 18.8. The van der Waals surface area contributed by atoms with Crippen LogP contribution in [-0.2, 0) is 6.42 Å². The standard InChI is InChI=1S/C23H22N2O2/c1-15-9-10-19(16(2)12-15)23(26)25-14-18-13-17-6-5-7-20(22(17)27-18)21-8-3-4-11-24-21/h3-12,18H,13-14H2,1-2H3,(H,25,26)/t18-/m0/s1. The van der Waals surface area contributed by atoms with E-state index in [4.69, 9.17) is 4.74 Å². The van der Waals surface area contributed by atoms with Crippen molar-refractivity contribution in [2.24, 2.45) is 0 Å². The van der Waals surface area contributed by atoms with Crippen LogP contribution in [0.5, 0.6) is 5.75 Å². The van der Waals surface area contributed by atoms with Gasteiger partial charge in [-0.1, -0.05) is 35.9 Å². The number of nitrogens with one attached hydrogen (secondary N) is 1. The zero-order valence-electron chi connectivity index (χ0n) is 15.5. The summed E-state index contributed by atoms with van der Waals surface area (Å²) in [7, 11) is 0. The maximum Gasteiger partial charge on any atom is 0.251 e. The lowest BCUT2D eigenvalue weighted by Gasteiger charge is -2.14. The van der Waals surface area contributed by atoms with E-state index >= 15 is 0 Å². The Morgan fingerprint density at radius 1 is 1.15 bits per heavy atom. The van der Waals surface area contributed by atoms with E-state index in [9.17, 15) is 4.79 Å². The lowest BCUT2D eigenvalue weighted by Crippen LogP contribution is -2.34. The molecule has 4 nitrogen and oxygen atoms in total. The van der Waals surface area contributed by atoms with Crippen LogP contribution < -0.4 is 10.1 Å². The summed E-state index contributed by atoms with van der Waals surface area (Å²) in [6.07, 6.45) is 2.49. The van der Waals surface area contributed by atoms with Gasteiger partial charge in [-0.15, -0.1) is 0 Å². The second-order valence-corrected chi connectivity index (χ2v) is 6.98. The van der Waals surface area contributed by atoms with Gasteiger partial charge in [0.05, 0.1) is 12.2 Å². The minimum atomic E-state index is -0.0698. The van der Waals surface area contributed by atoms with E-state index in [1.807, 2.05) is 62.4 Å². The van der Waals surface area contributed by atoms with E-state index in [2.05, 4.69) is 16.4 Å². The molecule has 0 unspecified atom stereocenters. The highest BCUT2D eigenvalue weighted by Crippen LogP contribution is 2.37. The Labute approximate surface area is 159 Å². The van der Waals surface area contributed by atoms with Crippen molar-refractivity contribution >= 4 is 5.91 Å². The smallest absolute Gasteiger partial charge is 0.251 e. The summed E-state index contributed by atoms with van der Waals surface area (Å²) in [5, 5.41) is 3.02. The monoisotopic (exact) mass is 358 g/mol. The van der Waals surface area contributed by atoms with Crippen LogP contribution in [-0.4, -0.2) is 23.5 Å². The molecule has 1 atom stereocenters. The SMILES string of the molecule is Cc1ccc(C(=O)NC[C@@H]2Cc3cccc(-c4ccccn4)c3O2)c(C)c1. The number of fused-ring (bicyclic) bond motifs is 1.